The molecule has 2 N–H and O–H groups in total. The number of esters is 1. The van der Waals surface area contributed by atoms with Crippen molar-refractivity contribution < 1.29 is 18.5 Å². The van der Waals surface area contributed by atoms with E-state index in [-0.39, 0.29) is 24.4 Å². The molecule has 1 aliphatic rings. The Morgan fingerprint density at radius 2 is 2.06 bits per heavy atom. The first-order valence-electron chi connectivity index (χ1n) is 10.5. The second-order valence-electron chi connectivity index (χ2n) is 7.63. The molecule has 1 aliphatic carbocycles. The second kappa shape index (κ2) is 13.1. The Balaban J connectivity index is 1.79. The maximum Gasteiger partial charge on any atom is 0.323 e. The molecule has 2 atom stereocenters. The first-order valence-corrected chi connectivity index (χ1v) is 12.9. The van der Waals surface area contributed by atoms with Crippen LogP contribution >= 0.6 is 24.2 Å². The SMILES string of the molecule is C/C(N=CNC(=O)CCNC(C)C(=O)OC1CCCC1)=C(/S)c1ccc(Cl)c(S(C)=O)c1. The third-order valence-corrected chi connectivity index (χ3v) is 7.06. The minimum Gasteiger partial charge on any atom is -0.461 e. The van der Waals surface area contributed by atoms with Crippen LogP contribution in [-0.2, 0) is 25.1 Å². The number of hydrogen-bond acceptors (Lipinski definition) is 7. The van der Waals surface area contributed by atoms with E-state index < -0.39 is 16.8 Å². The van der Waals surface area contributed by atoms with Crippen LogP contribution in [0.15, 0.2) is 33.8 Å². The normalized spacial score (nSPS) is 17.2. The number of amides is 1. The van der Waals surface area contributed by atoms with Gasteiger partial charge in [-0.2, -0.15) is 0 Å². The molecule has 2 unspecified atom stereocenters. The zero-order valence-electron chi connectivity index (χ0n) is 18.5. The Morgan fingerprint density at radius 1 is 1.38 bits per heavy atom. The third kappa shape index (κ3) is 8.35. The minimum atomic E-state index is -1.22. The van der Waals surface area contributed by atoms with Crippen molar-refractivity contribution in [2.45, 2.75) is 63.0 Å². The molecular weight excluding hydrogens is 470 g/mol. The standard InChI is InChI=1S/C22H30ClN3O4S2/c1-14(21(31)16-8-9-18(23)19(12-16)32(3)29)25-13-26-20(27)10-11-24-15(2)22(28)30-17-6-4-5-7-17/h8-9,12-13,15,17,24,31H,4-7,10-11H2,1-3H3,(H,25,26,27)/b21-14-. The summed E-state index contributed by atoms with van der Waals surface area (Å²) >= 11 is 10.6. The van der Waals surface area contributed by atoms with Gasteiger partial charge in [0.25, 0.3) is 0 Å². The molecule has 0 radical (unpaired) electrons. The van der Waals surface area contributed by atoms with Crippen LogP contribution in [0.3, 0.4) is 0 Å². The molecule has 7 nitrogen and oxygen atoms in total. The molecule has 1 fully saturated rings. The zero-order valence-corrected chi connectivity index (χ0v) is 21.0. The lowest BCUT2D eigenvalue weighted by atomic mass is 10.2. The van der Waals surface area contributed by atoms with Gasteiger partial charge in [0.05, 0.1) is 32.8 Å². The van der Waals surface area contributed by atoms with E-state index in [1.165, 1.54) is 6.34 Å². The number of nitrogens with one attached hydrogen (secondary N) is 2. The average Bonchev–Trinajstić information content (AvgIpc) is 3.26. The Labute approximate surface area is 202 Å². The van der Waals surface area contributed by atoms with Gasteiger partial charge in [0.2, 0.25) is 5.91 Å². The van der Waals surface area contributed by atoms with Crippen LogP contribution in [0.2, 0.25) is 5.02 Å². The van der Waals surface area contributed by atoms with Gasteiger partial charge in [-0.15, -0.1) is 12.6 Å². The first kappa shape index (κ1) is 26.6. The van der Waals surface area contributed by atoms with E-state index in [0.717, 1.165) is 31.2 Å². The van der Waals surface area contributed by atoms with Crippen molar-refractivity contribution in [3.63, 3.8) is 0 Å². The number of hydrogen-bond donors (Lipinski definition) is 3. The summed E-state index contributed by atoms with van der Waals surface area (Å²) in [6.07, 6.45) is 7.15. The lowest BCUT2D eigenvalue weighted by molar-refractivity contribution is -0.150. The molecule has 1 aromatic carbocycles. The molecule has 176 valence electrons. The van der Waals surface area contributed by atoms with Crippen molar-refractivity contribution >= 4 is 58.1 Å². The minimum absolute atomic E-state index is 0.0304. The number of carbonyl (C=O) groups excluding carboxylic acids is 2. The van der Waals surface area contributed by atoms with Gasteiger partial charge in [0.1, 0.15) is 12.1 Å². The van der Waals surface area contributed by atoms with Crippen molar-refractivity contribution in [1.29, 1.82) is 0 Å². The summed E-state index contributed by atoms with van der Waals surface area (Å²) < 4.78 is 17.2. The van der Waals surface area contributed by atoms with Crippen LogP contribution in [0, 0.1) is 0 Å². The monoisotopic (exact) mass is 499 g/mol. The molecule has 10 heteroatoms. The maximum absolute atomic E-state index is 12.0. The van der Waals surface area contributed by atoms with Gasteiger partial charge in [0.15, 0.2) is 0 Å². The van der Waals surface area contributed by atoms with E-state index in [9.17, 15) is 13.8 Å². The van der Waals surface area contributed by atoms with E-state index in [2.05, 4.69) is 28.3 Å². The Morgan fingerprint density at radius 3 is 2.72 bits per heavy atom. The van der Waals surface area contributed by atoms with Gasteiger partial charge in [-0.25, -0.2) is 4.99 Å². The number of thiol groups is 1. The van der Waals surface area contributed by atoms with Gasteiger partial charge in [-0.3, -0.25) is 13.8 Å². The lowest BCUT2D eigenvalue weighted by Gasteiger charge is -2.16. The number of allylic oxidation sites excluding steroid dienone is 1. The van der Waals surface area contributed by atoms with Crippen LogP contribution in [0.1, 0.15) is 51.5 Å². The largest absolute Gasteiger partial charge is 0.461 e. The van der Waals surface area contributed by atoms with Crippen LogP contribution in [0.5, 0.6) is 0 Å². The summed E-state index contributed by atoms with van der Waals surface area (Å²) in [6.45, 7) is 3.83. The van der Waals surface area contributed by atoms with Crippen LogP contribution in [0.4, 0.5) is 0 Å². The Kier molecular flexibility index (Phi) is 10.9. The van der Waals surface area contributed by atoms with E-state index in [1.807, 2.05) is 0 Å². The van der Waals surface area contributed by atoms with E-state index in [1.54, 1.807) is 38.3 Å². The lowest BCUT2D eigenvalue weighted by Crippen LogP contribution is -2.39. The first-order chi connectivity index (χ1) is 15.2. The van der Waals surface area contributed by atoms with E-state index >= 15 is 0 Å². The molecule has 0 saturated heterocycles. The summed E-state index contributed by atoms with van der Waals surface area (Å²) in [4.78, 5) is 29.4. The van der Waals surface area contributed by atoms with Gasteiger partial charge in [-0.1, -0.05) is 17.7 Å². The van der Waals surface area contributed by atoms with Crippen molar-refractivity contribution in [3.05, 3.63) is 34.5 Å². The van der Waals surface area contributed by atoms with Gasteiger partial charge < -0.3 is 15.4 Å². The topological polar surface area (TPSA) is 96.9 Å². The van der Waals surface area contributed by atoms with Crippen LogP contribution in [0.25, 0.3) is 4.91 Å². The maximum atomic E-state index is 12.0. The van der Waals surface area contributed by atoms with Gasteiger partial charge in [-0.05, 0) is 57.2 Å². The zero-order chi connectivity index (χ0) is 23.7. The predicted molar refractivity (Wildman–Crippen MR) is 132 cm³/mol. The van der Waals surface area contributed by atoms with Crippen LogP contribution in [-0.4, -0.2) is 47.4 Å². The fourth-order valence-electron chi connectivity index (χ4n) is 3.17. The molecule has 0 spiro atoms. The second-order valence-corrected chi connectivity index (χ2v) is 9.83. The van der Waals surface area contributed by atoms with Crippen molar-refractivity contribution in [1.82, 2.24) is 10.6 Å². The molecule has 0 heterocycles. The summed E-state index contributed by atoms with van der Waals surface area (Å²) in [7, 11) is -1.22. The number of carbonyl (C=O) groups is 2. The average molecular weight is 500 g/mol. The molecule has 32 heavy (non-hydrogen) atoms. The number of ether oxygens (including phenoxy) is 1. The number of rotatable bonds is 10. The molecule has 0 aliphatic heterocycles. The number of nitrogens with zero attached hydrogens (tertiary/aromatic N) is 1. The molecule has 1 amide bonds. The molecule has 1 saturated carbocycles. The highest BCUT2D eigenvalue weighted by Crippen LogP contribution is 2.28. The van der Waals surface area contributed by atoms with Crippen molar-refractivity contribution in [3.8, 4) is 0 Å². The Hall–Kier alpha value is -1.68. The van der Waals surface area contributed by atoms with E-state index in [0.29, 0.717) is 27.1 Å². The number of benzene rings is 1. The quantitative estimate of drug-likeness (QED) is 0.197. The summed E-state index contributed by atoms with van der Waals surface area (Å²) in [5.74, 6) is -0.514. The molecular formula is C22H30ClN3O4S2. The van der Waals surface area contributed by atoms with Crippen molar-refractivity contribution in [2.24, 2.45) is 4.99 Å². The third-order valence-electron chi connectivity index (χ3n) is 5.08. The fourth-order valence-corrected chi connectivity index (χ4v) is 4.45. The summed E-state index contributed by atoms with van der Waals surface area (Å²) in [5.41, 5.74) is 1.30. The van der Waals surface area contributed by atoms with Gasteiger partial charge in [0, 0.05) is 24.1 Å². The smallest absolute Gasteiger partial charge is 0.323 e. The fraction of sp³-hybridized carbons (Fsp3) is 0.500. The van der Waals surface area contributed by atoms with Crippen LogP contribution < -0.4 is 10.6 Å². The Bertz CT molecular complexity index is 914. The van der Waals surface area contributed by atoms with Crippen molar-refractivity contribution in [2.75, 3.05) is 12.8 Å². The molecule has 0 bridgehead atoms. The molecule has 1 aromatic rings. The number of halogens is 1. The highest BCUT2D eigenvalue weighted by molar-refractivity contribution is 7.90. The predicted octanol–water partition coefficient (Wildman–Crippen LogP) is 3.69. The highest BCUT2D eigenvalue weighted by Gasteiger charge is 2.22. The molecule has 0 aromatic heterocycles. The van der Waals surface area contributed by atoms with E-state index in [4.69, 9.17) is 16.3 Å². The summed E-state index contributed by atoms with van der Waals surface area (Å²) in [5, 5.41) is 6.03. The molecule has 2 rings (SSSR count). The number of aliphatic imine (C=N–C) groups is 1. The van der Waals surface area contributed by atoms with Gasteiger partial charge >= 0.3 is 5.97 Å². The highest BCUT2D eigenvalue weighted by atomic mass is 35.5. The summed E-state index contributed by atoms with van der Waals surface area (Å²) in [6, 6.07) is 4.68.